The van der Waals surface area contributed by atoms with Gasteiger partial charge in [0.05, 0.1) is 18.5 Å². The van der Waals surface area contributed by atoms with Gasteiger partial charge >= 0.3 is 0 Å². The lowest BCUT2D eigenvalue weighted by atomic mass is 10.2. The minimum absolute atomic E-state index is 0.733. The van der Waals surface area contributed by atoms with E-state index in [1.54, 1.807) is 7.11 Å². The van der Waals surface area contributed by atoms with Crippen LogP contribution in [0, 0.1) is 4.64 Å². The molecule has 3 rings (SSSR count). The Bertz CT molecular complexity index is 774. The molecule has 0 saturated carbocycles. The van der Waals surface area contributed by atoms with Crippen LogP contribution in [0.3, 0.4) is 0 Å². The van der Waals surface area contributed by atoms with Gasteiger partial charge in [-0.2, -0.15) is 0 Å². The number of nitrogens with zero attached hydrogens (tertiary/aromatic N) is 1. The highest BCUT2D eigenvalue weighted by molar-refractivity contribution is 7.71. The highest BCUT2D eigenvalue weighted by Gasteiger charge is 2.05. The van der Waals surface area contributed by atoms with Gasteiger partial charge in [0.25, 0.3) is 0 Å². The summed E-state index contributed by atoms with van der Waals surface area (Å²) in [5, 5.41) is 3.32. The van der Waals surface area contributed by atoms with Gasteiger partial charge in [0.15, 0.2) is 0 Å². The number of aromatic nitrogens is 2. The second-order valence-electron chi connectivity index (χ2n) is 4.41. The van der Waals surface area contributed by atoms with Crippen LogP contribution in [-0.2, 0) is 0 Å². The van der Waals surface area contributed by atoms with Crippen molar-refractivity contribution in [1.29, 1.82) is 0 Å². The molecule has 1 N–H and O–H groups in total. The van der Waals surface area contributed by atoms with Crippen LogP contribution in [0.2, 0.25) is 0 Å². The quantitative estimate of drug-likeness (QED) is 0.729. The molecule has 0 spiro atoms. The molecular formula is C16H14N2OS. The molecule has 0 aliphatic rings. The summed E-state index contributed by atoms with van der Waals surface area (Å²) in [6, 6.07) is 19.9. The van der Waals surface area contributed by atoms with Gasteiger partial charge in [-0.3, -0.25) is 5.10 Å². The molecule has 2 aromatic carbocycles. The van der Waals surface area contributed by atoms with Crippen LogP contribution in [-0.4, -0.2) is 16.9 Å². The van der Waals surface area contributed by atoms with E-state index in [4.69, 9.17) is 17.0 Å². The topological polar surface area (TPSA) is 29.9 Å². The third-order valence-electron chi connectivity index (χ3n) is 3.12. The minimum Gasteiger partial charge on any atom is -0.497 e. The summed E-state index contributed by atoms with van der Waals surface area (Å²) in [4.78, 5) is 0. The summed E-state index contributed by atoms with van der Waals surface area (Å²) in [6.45, 7) is 0. The van der Waals surface area contributed by atoms with Crippen molar-refractivity contribution >= 4 is 12.2 Å². The van der Waals surface area contributed by atoms with Crippen molar-refractivity contribution in [1.82, 2.24) is 9.78 Å². The van der Waals surface area contributed by atoms with Crippen LogP contribution in [0.5, 0.6) is 5.75 Å². The summed E-state index contributed by atoms with van der Waals surface area (Å²) >= 11 is 5.43. The molecule has 3 nitrogen and oxygen atoms in total. The number of rotatable bonds is 3. The molecule has 3 aromatic rings. The van der Waals surface area contributed by atoms with Crippen molar-refractivity contribution in [2.24, 2.45) is 0 Å². The molecule has 1 heterocycles. The maximum absolute atomic E-state index is 5.43. The lowest BCUT2D eigenvalue weighted by Gasteiger charge is -2.05. The van der Waals surface area contributed by atoms with E-state index < -0.39 is 0 Å². The number of methoxy groups -OCH3 is 1. The van der Waals surface area contributed by atoms with Gasteiger partial charge in [-0.15, -0.1) is 0 Å². The first-order chi connectivity index (χ1) is 9.78. The molecule has 0 saturated heterocycles. The number of ether oxygens (including phenoxy) is 1. The number of hydrogen-bond donors (Lipinski definition) is 1. The summed E-state index contributed by atoms with van der Waals surface area (Å²) in [7, 11) is 1.66. The van der Waals surface area contributed by atoms with Gasteiger partial charge in [0, 0.05) is 12.1 Å². The minimum atomic E-state index is 0.733. The molecular weight excluding hydrogens is 268 g/mol. The van der Waals surface area contributed by atoms with Crippen LogP contribution in [0.15, 0.2) is 60.7 Å². The SMILES string of the molecule is COc1cccc(-n2[nH]c(-c3ccccc3)cc2=S)c1. The van der Waals surface area contributed by atoms with Crippen molar-refractivity contribution in [2.45, 2.75) is 0 Å². The highest BCUT2D eigenvalue weighted by atomic mass is 32.1. The maximum atomic E-state index is 5.43. The van der Waals surface area contributed by atoms with Crippen molar-refractivity contribution in [2.75, 3.05) is 7.11 Å². The Morgan fingerprint density at radius 1 is 1.00 bits per heavy atom. The first-order valence-electron chi connectivity index (χ1n) is 6.30. The summed E-state index contributed by atoms with van der Waals surface area (Å²) in [5.41, 5.74) is 3.06. The summed E-state index contributed by atoms with van der Waals surface area (Å²) in [6.07, 6.45) is 0. The van der Waals surface area contributed by atoms with Gasteiger partial charge in [0.1, 0.15) is 10.4 Å². The summed E-state index contributed by atoms with van der Waals surface area (Å²) in [5.74, 6) is 0.806. The zero-order valence-corrected chi connectivity index (χ0v) is 11.9. The average molecular weight is 282 g/mol. The van der Waals surface area contributed by atoms with E-state index in [0.717, 1.165) is 27.3 Å². The van der Waals surface area contributed by atoms with Gasteiger partial charge in [-0.05, 0) is 17.7 Å². The largest absolute Gasteiger partial charge is 0.497 e. The molecule has 0 aliphatic carbocycles. The second kappa shape index (κ2) is 5.35. The van der Waals surface area contributed by atoms with Crippen LogP contribution in [0.25, 0.3) is 16.9 Å². The van der Waals surface area contributed by atoms with Crippen LogP contribution in [0.4, 0.5) is 0 Å². The van der Waals surface area contributed by atoms with Gasteiger partial charge in [-0.1, -0.05) is 48.6 Å². The zero-order chi connectivity index (χ0) is 13.9. The first-order valence-corrected chi connectivity index (χ1v) is 6.70. The number of benzene rings is 2. The Morgan fingerprint density at radius 2 is 1.80 bits per heavy atom. The van der Waals surface area contributed by atoms with E-state index in [-0.39, 0.29) is 0 Å². The molecule has 0 amide bonds. The molecule has 0 fully saturated rings. The fourth-order valence-corrected chi connectivity index (χ4v) is 2.37. The lowest BCUT2D eigenvalue weighted by Crippen LogP contribution is -1.97. The van der Waals surface area contributed by atoms with Crippen molar-refractivity contribution in [3.8, 4) is 22.7 Å². The Balaban J connectivity index is 2.07. The summed E-state index contributed by atoms with van der Waals surface area (Å²) < 4.78 is 7.86. The molecule has 0 radical (unpaired) electrons. The number of hydrogen-bond acceptors (Lipinski definition) is 2. The van der Waals surface area contributed by atoms with E-state index in [1.165, 1.54) is 0 Å². The standard InChI is InChI=1S/C16H14N2OS/c1-19-14-9-5-8-13(10-14)18-16(20)11-15(17-18)12-6-3-2-4-7-12/h2-11,17H,1H3. The lowest BCUT2D eigenvalue weighted by molar-refractivity contribution is 0.414. The normalized spacial score (nSPS) is 10.4. The number of aromatic amines is 1. The molecule has 0 atom stereocenters. The molecule has 0 aliphatic heterocycles. The Kier molecular flexibility index (Phi) is 3.39. The van der Waals surface area contributed by atoms with Crippen LogP contribution >= 0.6 is 12.2 Å². The average Bonchev–Trinajstić information content (AvgIpc) is 2.90. The van der Waals surface area contributed by atoms with Crippen molar-refractivity contribution in [3.05, 3.63) is 65.3 Å². The third-order valence-corrected chi connectivity index (χ3v) is 3.42. The molecule has 0 unspecified atom stereocenters. The first kappa shape index (κ1) is 12.7. The number of nitrogens with one attached hydrogen (secondary N) is 1. The maximum Gasteiger partial charge on any atom is 0.128 e. The predicted molar refractivity (Wildman–Crippen MR) is 82.9 cm³/mol. The van der Waals surface area contributed by atoms with E-state index in [1.807, 2.05) is 53.2 Å². The molecule has 0 bridgehead atoms. The Hall–Kier alpha value is -2.33. The van der Waals surface area contributed by atoms with Crippen molar-refractivity contribution in [3.63, 3.8) is 0 Å². The van der Waals surface area contributed by atoms with E-state index >= 15 is 0 Å². The Labute approximate surface area is 122 Å². The van der Waals surface area contributed by atoms with E-state index in [2.05, 4.69) is 17.2 Å². The predicted octanol–water partition coefficient (Wildman–Crippen LogP) is 4.21. The fourth-order valence-electron chi connectivity index (χ4n) is 2.10. The highest BCUT2D eigenvalue weighted by Crippen LogP contribution is 2.21. The zero-order valence-electron chi connectivity index (χ0n) is 11.0. The van der Waals surface area contributed by atoms with E-state index in [0.29, 0.717) is 0 Å². The molecule has 4 heteroatoms. The van der Waals surface area contributed by atoms with Crippen LogP contribution < -0.4 is 4.74 Å². The third kappa shape index (κ3) is 2.38. The molecule has 1 aromatic heterocycles. The number of H-pyrrole nitrogens is 1. The van der Waals surface area contributed by atoms with Gasteiger partial charge < -0.3 is 4.74 Å². The monoisotopic (exact) mass is 282 g/mol. The van der Waals surface area contributed by atoms with Gasteiger partial charge in [0.2, 0.25) is 0 Å². The second-order valence-corrected chi connectivity index (χ2v) is 4.83. The fraction of sp³-hybridized carbons (Fsp3) is 0.0625. The van der Waals surface area contributed by atoms with Crippen LogP contribution in [0.1, 0.15) is 0 Å². The van der Waals surface area contributed by atoms with Crippen molar-refractivity contribution < 1.29 is 4.74 Å². The van der Waals surface area contributed by atoms with E-state index in [9.17, 15) is 0 Å². The molecule has 100 valence electrons. The van der Waals surface area contributed by atoms with Gasteiger partial charge in [-0.25, -0.2) is 4.68 Å². The molecule has 20 heavy (non-hydrogen) atoms. The Morgan fingerprint density at radius 3 is 2.55 bits per heavy atom. The smallest absolute Gasteiger partial charge is 0.128 e.